The average molecular weight is 492 g/mol. The van der Waals surface area contributed by atoms with E-state index in [1.54, 1.807) is 6.92 Å². The minimum atomic E-state index is -4.83. The second-order valence-corrected chi connectivity index (χ2v) is 8.35. The highest BCUT2D eigenvalue weighted by molar-refractivity contribution is 5.86. The number of carbonyl (C=O) groups is 3. The molecule has 188 valence electrons. The lowest BCUT2D eigenvalue weighted by Crippen LogP contribution is -2.53. The van der Waals surface area contributed by atoms with Crippen molar-refractivity contribution >= 4 is 18.0 Å². The molecule has 0 fully saturated rings. The zero-order valence-corrected chi connectivity index (χ0v) is 19.1. The molecule has 1 aliphatic carbocycles. The lowest BCUT2D eigenvalue weighted by molar-refractivity contribution is -0.165. The monoisotopic (exact) mass is 492 g/mol. The first kappa shape index (κ1) is 26.1. The molecule has 3 N–H and O–H groups in total. The van der Waals surface area contributed by atoms with Gasteiger partial charge >= 0.3 is 18.2 Å². The van der Waals surface area contributed by atoms with Crippen molar-refractivity contribution in [3.05, 3.63) is 59.7 Å². The first-order chi connectivity index (χ1) is 16.6. The number of halogens is 3. The first-order valence-corrected chi connectivity index (χ1v) is 11.3. The zero-order chi connectivity index (χ0) is 25.6. The predicted octanol–water partition coefficient (Wildman–Crippen LogP) is 4.61. The number of hydrogen-bond acceptors (Lipinski definition) is 4. The maximum absolute atomic E-state index is 13.3. The number of nitrogens with one attached hydrogen (secondary N) is 2. The van der Waals surface area contributed by atoms with E-state index in [4.69, 9.17) is 9.84 Å². The van der Waals surface area contributed by atoms with Crippen molar-refractivity contribution in [1.82, 2.24) is 10.6 Å². The number of alkyl halides is 3. The number of fused-ring (bicyclic) bond motifs is 3. The van der Waals surface area contributed by atoms with E-state index in [2.05, 4.69) is 5.32 Å². The standard InChI is InChI=1S/C25H27F3N2O5/c1-2-7-20(23(33)30-21(25(26,27)28)12-13-22(31)32)29-24(34)35-14-19-17-10-5-3-8-15(17)16-9-4-6-11-18(16)19/h3-6,8-11,19-21H,2,7,12-14H2,1H3,(H,29,34)(H,30,33)(H,31,32)/t20-,21+/m1/s1. The van der Waals surface area contributed by atoms with Crippen molar-refractivity contribution in [1.29, 1.82) is 0 Å². The maximum Gasteiger partial charge on any atom is 0.408 e. The predicted molar refractivity (Wildman–Crippen MR) is 122 cm³/mol. The molecule has 7 nitrogen and oxygen atoms in total. The second kappa shape index (κ2) is 11.2. The topological polar surface area (TPSA) is 105 Å². The molecule has 2 aromatic carbocycles. The third kappa shape index (κ3) is 6.52. The fraction of sp³-hybridized carbons (Fsp3) is 0.400. The maximum atomic E-state index is 13.3. The average Bonchev–Trinajstić information content (AvgIpc) is 3.13. The Bertz CT molecular complexity index is 1030. The van der Waals surface area contributed by atoms with Crippen LogP contribution in [0.1, 0.15) is 49.7 Å². The third-order valence-corrected chi connectivity index (χ3v) is 5.89. The molecule has 2 amide bonds. The number of amides is 2. The largest absolute Gasteiger partial charge is 0.481 e. The highest BCUT2D eigenvalue weighted by atomic mass is 19.4. The van der Waals surface area contributed by atoms with Gasteiger partial charge < -0.3 is 20.5 Å². The van der Waals surface area contributed by atoms with Crippen LogP contribution >= 0.6 is 0 Å². The van der Waals surface area contributed by atoms with Crippen LogP contribution in [0.5, 0.6) is 0 Å². The minimum Gasteiger partial charge on any atom is -0.481 e. The Morgan fingerprint density at radius 2 is 1.54 bits per heavy atom. The Kier molecular flexibility index (Phi) is 8.37. The van der Waals surface area contributed by atoms with Crippen LogP contribution in [0.15, 0.2) is 48.5 Å². The van der Waals surface area contributed by atoms with E-state index in [1.165, 1.54) is 0 Å². The van der Waals surface area contributed by atoms with E-state index < -0.39 is 49.1 Å². The fourth-order valence-electron chi connectivity index (χ4n) is 4.20. The van der Waals surface area contributed by atoms with Crippen LogP contribution in [-0.4, -0.2) is 47.9 Å². The smallest absolute Gasteiger partial charge is 0.408 e. The number of rotatable bonds is 10. The van der Waals surface area contributed by atoms with Crippen molar-refractivity contribution in [2.45, 2.75) is 56.8 Å². The van der Waals surface area contributed by atoms with E-state index >= 15 is 0 Å². The van der Waals surface area contributed by atoms with Gasteiger partial charge in [-0.25, -0.2) is 4.79 Å². The summed E-state index contributed by atoms with van der Waals surface area (Å²) in [6, 6.07) is 11.9. The van der Waals surface area contributed by atoms with E-state index in [1.807, 2.05) is 53.8 Å². The Labute approximate surface area is 200 Å². The summed E-state index contributed by atoms with van der Waals surface area (Å²) in [5.41, 5.74) is 4.08. The van der Waals surface area contributed by atoms with Crippen molar-refractivity contribution in [3.63, 3.8) is 0 Å². The van der Waals surface area contributed by atoms with Gasteiger partial charge in [-0.1, -0.05) is 61.9 Å². The molecule has 0 aromatic heterocycles. The van der Waals surface area contributed by atoms with E-state index in [9.17, 15) is 27.6 Å². The summed E-state index contributed by atoms with van der Waals surface area (Å²) in [5, 5.41) is 12.9. The van der Waals surface area contributed by atoms with Gasteiger partial charge in [0.25, 0.3) is 0 Å². The molecule has 10 heteroatoms. The fourth-order valence-corrected chi connectivity index (χ4v) is 4.20. The molecule has 0 bridgehead atoms. The lowest BCUT2D eigenvalue weighted by Gasteiger charge is -2.25. The van der Waals surface area contributed by atoms with Crippen molar-refractivity contribution in [3.8, 4) is 11.1 Å². The van der Waals surface area contributed by atoms with Crippen LogP contribution in [0, 0.1) is 0 Å². The van der Waals surface area contributed by atoms with Gasteiger partial charge in [0.1, 0.15) is 18.7 Å². The normalized spacial score (nSPS) is 14.4. The van der Waals surface area contributed by atoms with E-state index in [-0.39, 0.29) is 18.9 Å². The summed E-state index contributed by atoms with van der Waals surface area (Å²) in [6.07, 6.45) is -6.83. The van der Waals surface area contributed by atoms with Crippen LogP contribution in [0.2, 0.25) is 0 Å². The Balaban J connectivity index is 1.64. The molecule has 35 heavy (non-hydrogen) atoms. The summed E-state index contributed by atoms with van der Waals surface area (Å²) in [7, 11) is 0. The van der Waals surface area contributed by atoms with E-state index in [0.29, 0.717) is 6.42 Å². The zero-order valence-electron chi connectivity index (χ0n) is 19.1. The molecule has 2 atom stereocenters. The SMILES string of the molecule is CCC[C@@H](NC(=O)OCC1c2ccccc2-c2ccccc21)C(=O)N[C@@H](CCC(=O)O)C(F)(F)F. The van der Waals surface area contributed by atoms with Crippen LogP contribution in [0.4, 0.5) is 18.0 Å². The molecule has 0 radical (unpaired) electrons. The van der Waals surface area contributed by atoms with Crippen LogP contribution in [0.25, 0.3) is 11.1 Å². The molecule has 0 unspecified atom stereocenters. The first-order valence-electron chi connectivity index (χ1n) is 11.3. The summed E-state index contributed by atoms with van der Waals surface area (Å²) in [4.78, 5) is 35.7. The van der Waals surface area contributed by atoms with E-state index in [0.717, 1.165) is 22.3 Å². The van der Waals surface area contributed by atoms with Gasteiger partial charge in [-0.15, -0.1) is 0 Å². The van der Waals surface area contributed by atoms with Crippen molar-refractivity contribution in [2.24, 2.45) is 0 Å². The summed E-state index contributed by atoms with van der Waals surface area (Å²) < 4.78 is 45.2. The molecule has 0 aliphatic heterocycles. The number of aliphatic carboxylic acids is 1. The molecule has 0 heterocycles. The number of ether oxygens (including phenoxy) is 1. The number of hydrogen-bond donors (Lipinski definition) is 3. The molecule has 0 saturated carbocycles. The number of alkyl carbamates (subject to hydrolysis) is 1. The molecule has 3 rings (SSSR count). The summed E-state index contributed by atoms with van der Waals surface area (Å²) in [5.74, 6) is -2.67. The number of benzene rings is 2. The van der Waals surface area contributed by atoms with Gasteiger partial charge in [-0.3, -0.25) is 9.59 Å². The minimum absolute atomic E-state index is 0.00981. The summed E-state index contributed by atoms with van der Waals surface area (Å²) >= 11 is 0. The highest BCUT2D eigenvalue weighted by Gasteiger charge is 2.41. The molecule has 0 saturated heterocycles. The van der Waals surface area contributed by atoms with Gasteiger partial charge in [0, 0.05) is 12.3 Å². The van der Waals surface area contributed by atoms with Crippen LogP contribution in [-0.2, 0) is 14.3 Å². The molecular weight excluding hydrogens is 465 g/mol. The molecule has 0 spiro atoms. The molecule has 2 aromatic rings. The van der Waals surface area contributed by atoms with Gasteiger partial charge in [0.15, 0.2) is 0 Å². The highest BCUT2D eigenvalue weighted by Crippen LogP contribution is 2.44. The Morgan fingerprint density at radius 1 is 0.971 bits per heavy atom. The van der Waals surface area contributed by atoms with Gasteiger partial charge in [0.05, 0.1) is 0 Å². The van der Waals surface area contributed by atoms with Gasteiger partial charge in [0.2, 0.25) is 5.91 Å². The van der Waals surface area contributed by atoms with Gasteiger partial charge in [-0.2, -0.15) is 13.2 Å². The molecular formula is C25H27F3N2O5. The number of carboxylic acids is 1. The van der Waals surface area contributed by atoms with Crippen molar-refractivity contribution < 1.29 is 37.4 Å². The number of carbonyl (C=O) groups excluding carboxylic acids is 2. The van der Waals surface area contributed by atoms with Crippen molar-refractivity contribution in [2.75, 3.05) is 6.61 Å². The Morgan fingerprint density at radius 3 is 2.06 bits per heavy atom. The number of carboxylic acid groups (broad SMARTS) is 1. The molecule has 1 aliphatic rings. The Hall–Kier alpha value is -3.56. The van der Waals surface area contributed by atoms with Crippen LogP contribution < -0.4 is 10.6 Å². The second-order valence-electron chi connectivity index (χ2n) is 8.35. The van der Waals surface area contributed by atoms with Gasteiger partial charge in [-0.05, 0) is 35.1 Å². The summed E-state index contributed by atoms with van der Waals surface area (Å²) in [6.45, 7) is 1.70. The third-order valence-electron chi connectivity index (χ3n) is 5.89. The van der Waals surface area contributed by atoms with Crippen LogP contribution in [0.3, 0.4) is 0 Å². The quantitative estimate of drug-likeness (QED) is 0.450. The lowest BCUT2D eigenvalue weighted by atomic mass is 9.98.